The summed E-state index contributed by atoms with van der Waals surface area (Å²) in [5, 5.41) is 4.23. The van der Waals surface area contributed by atoms with E-state index in [0.717, 1.165) is 40.7 Å². The van der Waals surface area contributed by atoms with Gasteiger partial charge in [-0.1, -0.05) is 44.2 Å². The minimum absolute atomic E-state index is 0.647. The highest BCUT2D eigenvalue weighted by atomic mass is 16.5. The van der Waals surface area contributed by atoms with E-state index in [4.69, 9.17) is 4.74 Å². The Morgan fingerprint density at radius 1 is 0.864 bits per heavy atom. The third-order valence-electron chi connectivity index (χ3n) is 4.38. The van der Waals surface area contributed by atoms with Crippen LogP contribution in [0.15, 0.2) is 36.4 Å². The van der Waals surface area contributed by atoms with Gasteiger partial charge in [-0.2, -0.15) is 0 Å². The van der Waals surface area contributed by atoms with Crippen LogP contribution < -0.4 is 4.74 Å². The zero-order chi connectivity index (χ0) is 15.7. The molecule has 0 radical (unpaired) electrons. The molecule has 22 heavy (non-hydrogen) atoms. The topological polar surface area (TPSA) is 26.3 Å². The number of benzene rings is 3. The van der Waals surface area contributed by atoms with E-state index in [9.17, 15) is 4.79 Å². The van der Waals surface area contributed by atoms with Crippen molar-refractivity contribution < 1.29 is 9.53 Å². The van der Waals surface area contributed by atoms with Crippen LogP contribution in [0.25, 0.3) is 21.5 Å². The number of fused-ring (bicyclic) bond motifs is 3. The van der Waals surface area contributed by atoms with Gasteiger partial charge in [0.15, 0.2) is 6.29 Å². The number of carbonyl (C=O) groups is 1. The molecule has 0 spiro atoms. The second-order valence-electron chi connectivity index (χ2n) is 5.53. The molecule has 0 heterocycles. The van der Waals surface area contributed by atoms with Gasteiger partial charge in [0.25, 0.3) is 0 Å². The molecule has 0 saturated heterocycles. The number of methoxy groups -OCH3 is 1. The lowest BCUT2D eigenvalue weighted by Gasteiger charge is -2.14. The number of hydrogen-bond donors (Lipinski definition) is 0. The van der Waals surface area contributed by atoms with Crippen LogP contribution in [0.4, 0.5) is 0 Å². The van der Waals surface area contributed by atoms with Gasteiger partial charge in [0.05, 0.1) is 12.7 Å². The number of hydrogen-bond acceptors (Lipinski definition) is 2. The molecule has 112 valence electrons. The maximum atomic E-state index is 11.7. The van der Waals surface area contributed by atoms with E-state index in [1.54, 1.807) is 7.11 Å². The molecular weight excluding hydrogens is 272 g/mol. The lowest BCUT2D eigenvalue weighted by atomic mass is 9.93. The van der Waals surface area contributed by atoms with E-state index in [-0.39, 0.29) is 0 Å². The molecule has 0 amide bonds. The van der Waals surface area contributed by atoms with Gasteiger partial charge in [0.1, 0.15) is 5.75 Å². The van der Waals surface area contributed by atoms with E-state index in [1.165, 1.54) is 11.1 Å². The van der Waals surface area contributed by atoms with E-state index in [1.807, 2.05) is 0 Å². The van der Waals surface area contributed by atoms with Crippen LogP contribution in [0.1, 0.15) is 35.3 Å². The van der Waals surface area contributed by atoms with Gasteiger partial charge in [-0.3, -0.25) is 4.79 Å². The predicted molar refractivity (Wildman–Crippen MR) is 92.1 cm³/mol. The largest absolute Gasteiger partial charge is 0.495 e. The van der Waals surface area contributed by atoms with E-state index >= 15 is 0 Å². The smallest absolute Gasteiger partial charge is 0.154 e. The van der Waals surface area contributed by atoms with Crippen molar-refractivity contribution in [2.24, 2.45) is 0 Å². The minimum atomic E-state index is 0.647. The number of rotatable bonds is 4. The summed E-state index contributed by atoms with van der Waals surface area (Å²) < 4.78 is 5.60. The Morgan fingerprint density at radius 3 is 1.91 bits per heavy atom. The Labute approximate surface area is 130 Å². The summed E-state index contributed by atoms with van der Waals surface area (Å²) in [7, 11) is 1.63. The molecule has 0 saturated carbocycles. The van der Waals surface area contributed by atoms with Crippen LogP contribution in [0.3, 0.4) is 0 Å². The maximum absolute atomic E-state index is 11.7. The first-order chi connectivity index (χ1) is 10.7. The van der Waals surface area contributed by atoms with Crippen LogP contribution in [0, 0.1) is 0 Å². The molecule has 0 aliphatic carbocycles. The second kappa shape index (κ2) is 5.80. The number of carbonyl (C=O) groups excluding carboxylic acids is 1. The summed E-state index contributed by atoms with van der Waals surface area (Å²) in [4.78, 5) is 11.7. The Bertz CT molecular complexity index is 863. The third-order valence-corrected chi connectivity index (χ3v) is 4.38. The van der Waals surface area contributed by atoms with Gasteiger partial charge in [0, 0.05) is 5.39 Å². The van der Waals surface area contributed by atoms with Crippen molar-refractivity contribution in [2.45, 2.75) is 26.7 Å². The Morgan fingerprint density at radius 2 is 1.41 bits per heavy atom. The van der Waals surface area contributed by atoms with Gasteiger partial charge in [-0.15, -0.1) is 0 Å². The first-order valence-corrected chi connectivity index (χ1v) is 7.73. The van der Waals surface area contributed by atoms with Crippen molar-refractivity contribution in [2.75, 3.05) is 7.11 Å². The average Bonchev–Trinajstić information content (AvgIpc) is 2.59. The molecule has 0 aromatic heterocycles. The fourth-order valence-electron chi connectivity index (χ4n) is 3.11. The van der Waals surface area contributed by atoms with Crippen molar-refractivity contribution in [3.63, 3.8) is 0 Å². The quantitative estimate of drug-likeness (QED) is 0.503. The molecule has 3 aromatic carbocycles. The normalized spacial score (nSPS) is 11.0. The molecule has 0 fully saturated rings. The molecule has 0 aliphatic heterocycles. The molecule has 2 heteroatoms. The lowest BCUT2D eigenvalue weighted by molar-refractivity contribution is 0.112. The van der Waals surface area contributed by atoms with Crippen molar-refractivity contribution >= 4 is 27.8 Å². The first kappa shape index (κ1) is 14.6. The first-order valence-electron chi connectivity index (χ1n) is 7.73. The Balaban J connectivity index is 2.53. The van der Waals surface area contributed by atoms with Crippen LogP contribution in [0.2, 0.25) is 0 Å². The molecule has 0 atom stereocenters. The monoisotopic (exact) mass is 292 g/mol. The number of aldehydes is 1. The summed E-state index contributed by atoms with van der Waals surface area (Å²) in [6.45, 7) is 4.25. The molecular formula is C20H20O2. The molecule has 3 aromatic rings. The third kappa shape index (κ3) is 2.16. The molecule has 0 aliphatic rings. The Hall–Kier alpha value is -2.35. The molecule has 0 unspecified atom stereocenters. The van der Waals surface area contributed by atoms with Crippen molar-refractivity contribution in [1.29, 1.82) is 0 Å². The summed E-state index contributed by atoms with van der Waals surface area (Å²) in [6, 6.07) is 12.8. The van der Waals surface area contributed by atoms with Gasteiger partial charge in [0.2, 0.25) is 0 Å². The van der Waals surface area contributed by atoms with Gasteiger partial charge in [-0.25, -0.2) is 0 Å². The highest BCUT2D eigenvalue weighted by Crippen LogP contribution is 2.38. The standard InChI is InChI=1S/C20H20O2/c1-4-13-6-8-15-16-9-7-14(5-2)11-18(16)20(22-3)19(12-21)17(15)10-13/h6-12H,4-5H2,1-3H3. The predicted octanol–water partition coefficient (Wildman–Crippen LogP) is 4.94. The van der Waals surface area contributed by atoms with Crippen molar-refractivity contribution in [3.8, 4) is 5.75 Å². The van der Waals surface area contributed by atoms with Crippen LogP contribution in [-0.4, -0.2) is 13.4 Å². The van der Waals surface area contributed by atoms with Gasteiger partial charge in [-0.05, 0) is 46.2 Å². The van der Waals surface area contributed by atoms with E-state index < -0.39 is 0 Å². The molecule has 2 nitrogen and oxygen atoms in total. The highest BCUT2D eigenvalue weighted by molar-refractivity contribution is 6.17. The van der Waals surface area contributed by atoms with Gasteiger partial charge < -0.3 is 4.74 Å². The molecule has 0 bridgehead atoms. The zero-order valence-corrected chi connectivity index (χ0v) is 13.3. The van der Waals surface area contributed by atoms with Crippen molar-refractivity contribution in [3.05, 3.63) is 53.1 Å². The van der Waals surface area contributed by atoms with Crippen LogP contribution in [-0.2, 0) is 12.8 Å². The SMILES string of the molecule is CCc1ccc2c(c1)c(C=O)c(OC)c1cc(CC)ccc12. The Kier molecular flexibility index (Phi) is 3.84. The minimum Gasteiger partial charge on any atom is -0.495 e. The van der Waals surface area contributed by atoms with E-state index in [0.29, 0.717) is 11.3 Å². The van der Waals surface area contributed by atoms with Gasteiger partial charge >= 0.3 is 0 Å². The summed E-state index contributed by atoms with van der Waals surface area (Å²) in [5.74, 6) is 0.682. The number of aryl methyl sites for hydroxylation is 2. The highest BCUT2D eigenvalue weighted by Gasteiger charge is 2.15. The van der Waals surface area contributed by atoms with E-state index in [2.05, 4.69) is 50.2 Å². The van der Waals surface area contributed by atoms with Crippen LogP contribution >= 0.6 is 0 Å². The summed E-state index contributed by atoms with van der Waals surface area (Å²) >= 11 is 0. The van der Waals surface area contributed by atoms with Crippen molar-refractivity contribution in [1.82, 2.24) is 0 Å². The molecule has 0 N–H and O–H groups in total. The maximum Gasteiger partial charge on any atom is 0.154 e. The summed E-state index contributed by atoms with van der Waals surface area (Å²) in [5.41, 5.74) is 3.11. The number of ether oxygens (including phenoxy) is 1. The average molecular weight is 292 g/mol. The summed E-state index contributed by atoms with van der Waals surface area (Å²) in [6.07, 6.45) is 2.82. The molecule has 3 rings (SSSR count). The fraction of sp³-hybridized carbons (Fsp3) is 0.250. The second-order valence-corrected chi connectivity index (χ2v) is 5.53. The zero-order valence-electron chi connectivity index (χ0n) is 13.3. The lowest BCUT2D eigenvalue weighted by Crippen LogP contribution is -1.96. The fourth-order valence-corrected chi connectivity index (χ4v) is 3.11. The van der Waals surface area contributed by atoms with Crippen LogP contribution in [0.5, 0.6) is 5.75 Å².